The second-order valence-electron chi connectivity index (χ2n) is 12.1. The molecule has 0 bridgehead atoms. The van der Waals surface area contributed by atoms with Crippen molar-refractivity contribution in [2.24, 2.45) is 30.7 Å². The molecule has 57 heavy (non-hydrogen) atoms. The molecule has 0 saturated heterocycles. The van der Waals surface area contributed by atoms with Crippen LogP contribution < -0.4 is 14.2 Å². The number of rotatable bonds is 12. The van der Waals surface area contributed by atoms with Crippen molar-refractivity contribution >= 4 is 52.0 Å². The zero-order chi connectivity index (χ0) is 39.2. The summed E-state index contributed by atoms with van der Waals surface area (Å²) in [5.74, 6) is -2.30. The topological polar surface area (TPSA) is 153 Å². The maximum Gasteiger partial charge on any atom is 0.343 e. The summed E-state index contributed by atoms with van der Waals surface area (Å²) >= 11 is 0. The molecule has 0 atom stereocenters. The van der Waals surface area contributed by atoms with Gasteiger partial charge in [-0.2, -0.15) is 30.7 Å². The summed E-state index contributed by atoms with van der Waals surface area (Å²) in [4.78, 5) is 39.7. The van der Waals surface area contributed by atoms with Crippen LogP contribution in [0.15, 0.2) is 213 Å². The molecular weight excluding hydrogens is 721 g/mol. The number of benzene rings is 7. The number of carbonyl (C=O) groups is 3. The Hall–Kier alpha value is -8.25. The van der Waals surface area contributed by atoms with Crippen LogP contribution in [-0.4, -0.2) is 17.9 Å². The number of carbonyl (C=O) groups excluding carboxylic acids is 3. The Morgan fingerprint density at radius 1 is 0.281 bits per heavy atom. The van der Waals surface area contributed by atoms with Crippen molar-refractivity contribution in [2.75, 3.05) is 0 Å². The van der Waals surface area contributed by atoms with Gasteiger partial charge in [-0.05, 0) is 109 Å². The minimum Gasteiger partial charge on any atom is -0.423 e. The summed E-state index contributed by atoms with van der Waals surface area (Å²) < 4.78 is 17.0. The van der Waals surface area contributed by atoms with Crippen molar-refractivity contribution in [2.45, 2.75) is 0 Å². The molecule has 0 fully saturated rings. The van der Waals surface area contributed by atoms with E-state index in [1.54, 1.807) is 72.8 Å². The Balaban J connectivity index is 1.07. The molecule has 0 unspecified atom stereocenters. The highest BCUT2D eigenvalue weighted by Crippen LogP contribution is 2.31. The van der Waals surface area contributed by atoms with Crippen LogP contribution in [0.1, 0.15) is 31.1 Å². The molecule has 0 heterocycles. The van der Waals surface area contributed by atoms with Crippen LogP contribution in [0.3, 0.4) is 0 Å². The highest BCUT2D eigenvalue weighted by molar-refractivity contribution is 5.93. The third kappa shape index (κ3) is 10.7. The third-order valence-electron chi connectivity index (χ3n) is 7.91. The SMILES string of the molecule is O=C(Oc1cc(OC(=O)c2ccc(N=Nc3ccccc3)cc2)cc(OC(=O)c2ccc(N=Nc3ccccc3)cc2)c1)c1ccc(N=Nc2ccccc2)cc1. The van der Waals surface area contributed by atoms with Crippen molar-refractivity contribution in [1.82, 2.24) is 0 Å². The molecule has 12 heteroatoms. The summed E-state index contributed by atoms with van der Waals surface area (Å²) in [6.07, 6.45) is 0. The van der Waals surface area contributed by atoms with E-state index < -0.39 is 17.9 Å². The Morgan fingerprint density at radius 2 is 0.491 bits per heavy atom. The largest absolute Gasteiger partial charge is 0.423 e. The minimum absolute atomic E-state index is 0.0470. The third-order valence-corrected chi connectivity index (χ3v) is 7.91. The molecule has 7 aromatic rings. The number of hydrogen-bond donors (Lipinski definition) is 0. The van der Waals surface area contributed by atoms with Gasteiger partial charge >= 0.3 is 17.9 Å². The molecule has 0 aliphatic heterocycles. The number of ether oxygens (including phenoxy) is 3. The van der Waals surface area contributed by atoms with E-state index in [0.29, 0.717) is 34.1 Å². The van der Waals surface area contributed by atoms with Gasteiger partial charge < -0.3 is 14.2 Å². The van der Waals surface area contributed by atoms with Gasteiger partial charge in [-0.1, -0.05) is 54.6 Å². The van der Waals surface area contributed by atoms with E-state index in [-0.39, 0.29) is 33.9 Å². The molecule has 0 saturated carbocycles. The maximum atomic E-state index is 13.2. The summed E-state index contributed by atoms with van der Waals surface area (Å²) in [5, 5.41) is 25.2. The fourth-order valence-corrected chi connectivity index (χ4v) is 5.04. The van der Waals surface area contributed by atoms with Gasteiger partial charge in [0.1, 0.15) is 17.2 Å². The summed E-state index contributed by atoms with van der Waals surface area (Å²) in [6, 6.07) is 50.7. The van der Waals surface area contributed by atoms with Gasteiger partial charge in [-0.15, -0.1) is 0 Å². The Labute approximate surface area is 326 Å². The first-order valence-corrected chi connectivity index (χ1v) is 17.5. The van der Waals surface area contributed by atoms with Crippen molar-refractivity contribution < 1.29 is 28.6 Å². The van der Waals surface area contributed by atoms with Crippen LogP contribution in [0.4, 0.5) is 34.1 Å². The van der Waals surface area contributed by atoms with Gasteiger partial charge in [0.2, 0.25) is 0 Å². The number of nitrogens with zero attached hydrogens (tertiary/aromatic N) is 6. The molecule has 7 rings (SSSR count). The Bertz CT molecular complexity index is 2260. The van der Waals surface area contributed by atoms with Crippen LogP contribution in [0.5, 0.6) is 17.2 Å². The fraction of sp³-hybridized carbons (Fsp3) is 0. The van der Waals surface area contributed by atoms with E-state index in [0.717, 1.165) is 0 Å². The van der Waals surface area contributed by atoms with Crippen LogP contribution in [-0.2, 0) is 0 Å². The Morgan fingerprint density at radius 3 is 0.719 bits per heavy atom. The molecule has 12 nitrogen and oxygen atoms in total. The first-order chi connectivity index (χ1) is 27.9. The molecule has 0 amide bonds. The second-order valence-corrected chi connectivity index (χ2v) is 12.1. The smallest absolute Gasteiger partial charge is 0.343 e. The number of hydrogen-bond acceptors (Lipinski definition) is 12. The molecule has 276 valence electrons. The summed E-state index contributed by atoms with van der Waals surface area (Å²) in [6.45, 7) is 0. The normalized spacial score (nSPS) is 11.2. The van der Waals surface area contributed by atoms with Gasteiger partial charge in [-0.25, -0.2) is 14.4 Å². The van der Waals surface area contributed by atoms with E-state index in [2.05, 4.69) is 30.7 Å². The van der Waals surface area contributed by atoms with Crippen LogP contribution in [0.2, 0.25) is 0 Å². The quantitative estimate of drug-likeness (QED) is 0.0688. The van der Waals surface area contributed by atoms with E-state index in [1.165, 1.54) is 18.2 Å². The molecule has 0 aromatic heterocycles. The first-order valence-electron chi connectivity index (χ1n) is 17.5. The van der Waals surface area contributed by atoms with Crippen LogP contribution in [0, 0.1) is 0 Å². The van der Waals surface area contributed by atoms with Crippen molar-refractivity contribution in [3.05, 3.63) is 199 Å². The van der Waals surface area contributed by atoms with E-state index >= 15 is 0 Å². The van der Waals surface area contributed by atoms with Crippen LogP contribution >= 0.6 is 0 Å². The van der Waals surface area contributed by atoms with Gasteiger partial charge in [0.15, 0.2) is 0 Å². The van der Waals surface area contributed by atoms with Gasteiger partial charge in [0.25, 0.3) is 0 Å². The van der Waals surface area contributed by atoms with E-state index in [9.17, 15) is 14.4 Å². The monoisotopic (exact) mass is 750 g/mol. The second kappa shape index (κ2) is 18.2. The lowest BCUT2D eigenvalue weighted by molar-refractivity contribution is 0.0730. The zero-order valence-corrected chi connectivity index (χ0v) is 30.0. The van der Waals surface area contributed by atoms with E-state index in [4.69, 9.17) is 14.2 Å². The van der Waals surface area contributed by atoms with Gasteiger partial charge in [0.05, 0.1) is 50.8 Å². The molecule has 0 aliphatic rings. The van der Waals surface area contributed by atoms with E-state index in [1.807, 2.05) is 91.0 Å². The van der Waals surface area contributed by atoms with Crippen molar-refractivity contribution in [3.8, 4) is 17.2 Å². The van der Waals surface area contributed by atoms with Gasteiger partial charge in [-0.3, -0.25) is 0 Å². The predicted octanol–water partition coefficient (Wildman–Crippen LogP) is 12.6. The standard InChI is InChI=1S/C45H30N6O6/c52-43(31-16-22-37(23-17-31)49-46-34-10-4-1-5-11-34)55-40-28-41(56-44(53)32-18-24-38(25-19-32)50-47-35-12-6-2-7-13-35)30-42(29-40)57-45(54)33-20-26-39(27-21-33)51-48-36-14-8-3-9-15-36/h1-30H. The lowest BCUT2D eigenvalue weighted by atomic mass is 10.2. The zero-order valence-electron chi connectivity index (χ0n) is 30.0. The first kappa shape index (κ1) is 37.1. The predicted molar refractivity (Wildman–Crippen MR) is 212 cm³/mol. The fourth-order valence-electron chi connectivity index (χ4n) is 5.04. The lowest BCUT2D eigenvalue weighted by Crippen LogP contribution is -2.12. The highest BCUT2D eigenvalue weighted by atomic mass is 16.6. The lowest BCUT2D eigenvalue weighted by Gasteiger charge is -2.11. The summed E-state index contributed by atoms with van der Waals surface area (Å²) in [5.41, 5.74) is 4.26. The van der Waals surface area contributed by atoms with Crippen LogP contribution in [0.25, 0.3) is 0 Å². The van der Waals surface area contributed by atoms with Crippen molar-refractivity contribution in [1.29, 1.82) is 0 Å². The molecule has 7 aromatic carbocycles. The molecule has 0 radical (unpaired) electrons. The highest BCUT2D eigenvalue weighted by Gasteiger charge is 2.17. The van der Waals surface area contributed by atoms with Crippen molar-refractivity contribution in [3.63, 3.8) is 0 Å². The average Bonchev–Trinajstić information content (AvgIpc) is 3.25. The number of esters is 3. The maximum absolute atomic E-state index is 13.2. The summed E-state index contributed by atoms with van der Waals surface area (Å²) in [7, 11) is 0. The molecule has 0 N–H and O–H groups in total. The average molecular weight is 751 g/mol. The molecular formula is C45H30N6O6. The molecule has 0 spiro atoms. The minimum atomic E-state index is -0.720. The number of azo groups is 3. The Kier molecular flexibility index (Phi) is 11.8. The van der Waals surface area contributed by atoms with Gasteiger partial charge in [0, 0.05) is 18.2 Å². The molecule has 0 aliphatic carbocycles.